The lowest BCUT2D eigenvalue weighted by Gasteiger charge is -2.18. The summed E-state index contributed by atoms with van der Waals surface area (Å²) in [6.45, 7) is 4.56. The van der Waals surface area contributed by atoms with Crippen molar-refractivity contribution in [2.45, 2.75) is 270 Å². The van der Waals surface area contributed by atoms with E-state index < -0.39 is 5.97 Å². The Hall–Kier alpha value is -1.06. The van der Waals surface area contributed by atoms with Gasteiger partial charge in [-0.25, -0.2) is 0 Å². The molecule has 4 nitrogen and oxygen atoms in total. The molecule has 4 heteroatoms. The van der Waals surface area contributed by atoms with Gasteiger partial charge in [0.05, 0.1) is 0 Å². The summed E-state index contributed by atoms with van der Waals surface area (Å²) in [5.41, 5.74) is 0. The number of rotatable bonds is 41. The third-order valence-corrected chi connectivity index (χ3v) is 10.3. The van der Waals surface area contributed by atoms with Gasteiger partial charge in [0.1, 0.15) is 6.10 Å². The van der Waals surface area contributed by atoms with Crippen molar-refractivity contribution >= 4 is 11.9 Å². The Morgan fingerprint density at radius 3 is 0.917 bits per heavy atom. The number of hydrogen-bond donors (Lipinski definition) is 1. The lowest BCUT2D eigenvalue weighted by atomic mass is 10.0. The Morgan fingerprint density at radius 1 is 0.375 bits per heavy atom. The molecule has 0 saturated heterocycles. The van der Waals surface area contributed by atoms with Gasteiger partial charge in [-0.2, -0.15) is 0 Å². The van der Waals surface area contributed by atoms with Crippen LogP contribution in [-0.4, -0.2) is 23.1 Å². The maximum Gasteiger partial charge on any atom is 0.306 e. The van der Waals surface area contributed by atoms with Gasteiger partial charge in [0.2, 0.25) is 0 Å². The summed E-state index contributed by atoms with van der Waals surface area (Å²) in [5.74, 6) is -0.635. The van der Waals surface area contributed by atoms with E-state index in [1.165, 1.54) is 186 Å². The number of ether oxygens (including phenoxy) is 1. The molecule has 0 aliphatic heterocycles. The summed E-state index contributed by atoms with van der Waals surface area (Å²) in [6.07, 6.45) is 48.6. The Kier molecular flexibility index (Phi) is 39.5. The molecule has 0 aromatic carbocycles. The van der Waals surface area contributed by atoms with Crippen molar-refractivity contribution in [1.82, 2.24) is 0 Å². The first kappa shape index (κ1) is 46.9. The number of carbonyl (C=O) groups is 2. The molecule has 0 aliphatic carbocycles. The number of esters is 1. The third-order valence-electron chi connectivity index (χ3n) is 10.3. The van der Waals surface area contributed by atoms with Crippen molar-refractivity contribution in [1.29, 1.82) is 0 Å². The van der Waals surface area contributed by atoms with Crippen LogP contribution in [0.1, 0.15) is 264 Å². The highest BCUT2D eigenvalue weighted by Gasteiger charge is 2.14. The maximum absolute atomic E-state index is 12.7. The van der Waals surface area contributed by atoms with Gasteiger partial charge < -0.3 is 9.84 Å². The van der Waals surface area contributed by atoms with Crippen LogP contribution in [0.3, 0.4) is 0 Å². The number of carboxylic acids is 1. The molecule has 1 unspecified atom stereocenters. The average molecular weight is 679 g/mol. The van der Waals surface area contributed by atoms with Crippen LogP contribution in [0.25, 0.3) is 0 Å². The molecule has 0 aliphatic rings. The first-order valence-electron chi connectivity index (χ1n) is 22.0. The first-order chi connectivity index (χ1) is 23.6. The van der Waals surface area contributed by atoms with Crippen LogP contribution in [0.2, 0.25) is 0 Å². The molecule has 1 N–H and O–H groups in total. The van der Waals surface area contributed by atoms with E-state index >= 15 is 0 Å². The molecular weight excluding hydrogens is 592 g/mol. The molecule has 0 rings (SSSR count). The summed E-state index contributed by atoms with van der Waals surface area (Å²) < 4.78 is 6.05. The highest BCUT2D eigenvalue weighted by molar-refractivity contribution is 5.69. The van der Waals surface area contributed by atoms with E-state index in [-0.39, 0.29) is 12.1 Å². The second kappa shape index (κ2) is 40.4. The van der Waals surface area contributed by atoms with E-state index in [0.717, 1.165) is 51.4 Å². The van der Waals surface area contributed by atoms with Crippen molar-refractivity contribution in [2.24, 2.45) is 0 Å². The van der Waals surface area contributed by atoms with Gasteiger partial charge in [0.15, 0.2) is 0 Å². The van der Waals surface area contributed by atoms with Crippen molar-refractivity contribution in [3.8, 4) is 0 Å². The topological polar surface area (TPSA) is 63.6 Å². The summed E-state index contributed by atoms with van der Waals surface area (Å²) in [7, 11) is 0. The normalized spacial score (nSPS) is 12.0. The van der Waals surface area contributed by atoms with Gasteiger partial charge in [-0.3, -0.25) is 9.59 Å². The van der Waals surface area contributed by atoms with E-state index in [4.69, 9.17) is 9.84 Å². The number of aliphatic carboxylic acids is 1. The molecule has 0 fully saturated rings. The third kappa shape index (κ3) is 39.4. The van der Waals surface area contributed by atoms with E-state index in [1.54, 1.807) is 0 Å². The highest BCUT2D eigenvalue weighted by atomic mass is 16.5. The second-order valence-corrected chi connectivity index (χ2v) is 15.3. The number of unbranched alkanes of at least 4 members (excludes halogenated alkanes) is 32. The molecule has 1 atom stereocenters. The lowest BCUT2D eigenvalue weighted by molar-refractivity contribution is -0.150. The molecule has 0 heterocycles. The van der Waals surface area contributed by atoms with Gasteiger partial charge in [0.25, 0.3) is 0 Å². The van der Waals surface area contributed by atoms with Crippen LogP contribution >= 0.6 is 0 Å². The Morgan fingerprint density at radius 2 is 0.625 bits per heavy atom. The summed E-state index contributed by atoms with van der Waals surface area (Å²) in [4.78, 5) is 23.3. The largest absolute Gasteiger partial charge is 0.481 e. The van der Waals surface area contributed by atoms with Crippen LogP contribution < -0.4 is 0 Å². The van der Waals surface area contributed by atoms with E-state index in [9.17, 15) is 9.59 Å². The average Bonchev–Trinajstić information content (AvgIpc) is 3.07. The molecule has 0 aromatic rings. The fourth-order valence-corrected chi connectivity index (χ4v) is 7.07. The zero-order chi connectivity index (χ0) is 35.0. The number of carboxylic acid groups (broad SMARTS) is 1. The van der Waals surface area contributed by atoms with Gasteiger partial charge in [-0.1, -0.05) is 213 Å². The maximum atomic E-state index is 12.7. The molecule has 48 heavy (non-hydrogen) atoms. The molecule has 0 spiro atoms. The molecule has 0 saturated carbocycles. The minimum atomic E-state index is -0.674. The van der Waals surface area contributed by atoms with Crippen LogP contribution in [0.5, 0.6) is 0 Å². The van der Waals surface area contributed by atoms with Gasteiger partial charge in [0, 0.05) is 12.8 Å². The van der Waals surface area contributed by atoms with Crippen LogP contribution in [0.4, 0.5) is 0 Å². The van der Waals surface area contributed by atoms with Crippen molar-refractivity contribution in [3.63, 3.8) is 0 Å². The smallest absolute Gasteiger partial charge is 0.306 e. The van der Waals surface area contributed by atoms with Crippen molar-refractivity contribution < 1.29 is 19.4 Å². The van der Waals surface area contributed by atoms with Crippen LogP contribution in [0, 0.1) is 0 Å². The van der Waals surface area contributed by atoms with Gasteiger partial charge >= 0.3 is 11.9 Å². The number of hydrogen-bond acceptors (Lipinski definition) is 3. The highest BCUT2D eigenvalue weighted by Crippen LogP contribution is 2.19. The number of carbonyl (C=O) groups excluding carboxylic acids is 1. The Bertz CT molecular complexity index is 648. The Labute approximate surface area is 301 Å². The van der Waals surface area contributed by atoms with Gasteiger partial charge in [-0.15, -0.1) is 0 Å². The minimum absolute atomic E-state index is 0.0396. The van der Waals surface area contributed by atoms with Crippen LogP contribution in [-0.2, 0) is 14.3 Å². The SMILES string of the molecule is CCCCCCCCCCCCCCCCCCCCCC(=O)OC(CCCCCCCCC)CCCCCCCCCCCC(=O)O. The minimum Gasteiger partial charge on any atom is -0.481 e. The van der Waals surface area contributed by atoms with Crippen molar-refractivity contribution in [2.75, 3.05) is 0 Å². The second-order valence-electron chi connectivity index (χ2n) is 15.3. The lowest BCUT2D eigenvalue weighted by Crippen LogP contribution is -2.18. The first-order valence-corrected chi connectivity index (χ1v) is 22.0. The van der Waals surface area contributed by atoms with E-state index in [1.807, 2.05) is 0 Å². The molecule has 0 radical (unpaired) electrons. The predicted octanol–water partition coefficient (Wildman–Crippen LogP) is 15.2. The summed E-state index contributed by atoms with van der Waals surface area (Å²) in [6, 6.07) is 0. The van der Waals surface area contributed by atoms with Crippen molar-refractivity contribution in [3.05, 3.63) is 0 Å². The monoisotopic (exact) mass is 679 g/mol. The van der Waals surface area contributed by atoms with E-state index in [2.05, 4.69) is 13.8 Å². The standard InChI is InChI=1S/C44H86O4/c1-3-5-7-9-11-12-13-14-15-16-17-18-19-20-21-25-29-33-37-41-44(47)48-42(38-34-30-26-10-8-6-4-2)39-35-31-27-23-22-24-28-32-36-40-43(45)46/h42H,3-41H2,1-2H3,(H,45,46). The molecule has 0 aromatic heterocycles. The fourth-order valence-electron chi connectivity index (χ4n) is 7.07. The fraction of sp³-hybridized carbons (Fsp3) is 0.955. The zero-order valence-electron chi connectivity index (χ0n) is 32.8. The summed E-state index contributed by atoms with van der Waals surface area (Å²) >= 11 is 0. The molecule has 286 valence electrons. The van der Waals surface area contributed by atoms with E-state index in [0.29, 0.717) is 12.8 Å². The quantitative estimate of drug-likeness (QED) is 0.0516. The predicted molar refractivity (Wildman–Crippen MR) is 209 cm³/mol. The zero-order valence-corrected chi connectivity index (χ0v) is 32.8. The summed E-state index contributed by atoms with van der Waals surface area (Å²) in [5, 5.41) is 8.73. The molecule has 0 bridgehead atoms. The Balaban J connectivity index is 3.85. The molecule has 0 amide bonds. The molecular formula is C44H86O4. The van der Waals surface area contributed by atoms with Crippen LogP contribution in [0.15, 0.2) is 0 Å². The van der Waals surface area contributed by atoms with Gasteiger partial charge in [-0.05, 0) is 38.5 Å².